The number of aromatic nitrogens is 1. The van der Waals surface area contributed by atoms with Gasteiger partial charge in [0.1, 0.15) is 0 Å². The third kappa shape index (κ3) is 2.89. The Kier molecular flexibility index (Phi) is 3.99. The summed E-state index contributed by atoms with van der Waals surface area (Å²) in [4.78, 5) is 17.7. The topological polar surface area (TPSA) is 77.7 Å². The van der Waals surface area contributed by atoms with Gasteiger partial charge in [-0.1, -0.05) is 0 Å². The normalized spacial score (nSPS) is 17.3. The fourth-order valence-electron chi connectivity index (χ4n) is 1.78. The van der Waals surface area contributed by atoms with E-state index in [9.17, 15) is 4.79 Å². The summed E-state index contributed by atoms with van der Waals surface area (Å²) in [5.41, 5.74) is 5.67. The van der Waals surface area contributed by atoms with Crippen LogP contribution >= 0.6 is 0 Å². The Morgan fingerprint density at radius 1 is 1.56 bits per heavy atom. The van der Waals surface area contributed by atoms with Crippen molar-refractivity contribution < 1.29 is 14.3 Å². The maximum atomic E-state index is 12.1. The number of anilines is 1. The first-order chi connectivity index (χ1) is 8.68. The molecule has 0 radical (unpaired) electrons. The van der Waals surface area contributed by atoms with Gasteiger partial charge in [-0.3, -0.25) is 4.79 Å². The second-order valence-corrected chi connectivity index (χ2v) is 4.08. The maximum absolute atomic E-state index is 12.1. The highest BCUT2D eigenvalue weighted by Crippen LogP contribution is 2.19. The molecule has 2 N–H and O–H groups in total. The van der Waals surface area contributed by atoms with Crippen molar-refractivity contribution in [3.05, 3.63) is 18.3 Å². The van der Waals surface area contributed by atoms with Crippen LogP contribution in [-0.4, -0.2) is 48.2 Å². The number of carbonyl (C=O) groups excluding carboxylic acids is 1. The van der Waals surface area contributed by atoms with Gasteiger partial charge in [0.15, 0.2) is 17.7 Å². The number of nitrogens with zero attached hydrogens (tertiary/aromatic N) is 2. The fraction of sp³-hybridized carbons (Fsp3) is 0.500. The van der Waals surface area contributed by atoms with Crippen LogP contribution in [0, 0.1) is 0 Å². The minimum absolute atomic E-state index is 0.0541. The van der Waals surface area contributed by atoms with Gasteiger partial charge in [0.25, 0.3) is 5.91 Å². The maximum Gasteiger partial charge on any atom is 0.263 e. The number of ether oxygens (including phenoxy) is 2. The van der Waals surface area contributed by atoms with Crippen LogP contribution in [0.2, 0.25) is 0 Å². The largest absolute Gasteiger partial charge is 0.477 e. The van der Waals surface area contributed by atoms with Crippen LogP contribution in [-0.2, 0) is 9.53 Å². The average Bonchev–Trinajstić information content (AvgIpc) is 2.41. The van der Waals surface area contributed by atoms with Gasteiger partial charge in [0.05, 0.1) is 13.2 Å². The Balaban J connectivity index is 1.96. The lowest BCUT2D eigenvalue weighted by Crippen LogP contribution is -2.46. The van der Waals surface area contributed by atoms with Crippen molar-refractivity contribution in [2.24, 2.45) is 0 Å². The number of carbonyl (C=O) groups is 1. The molecule has 1 fully saturated rings. The monoisotopic (exact) mass is 251 g/mol. The molecule has 18 heavy (non-hydrogen) atoms. The summed E-state index contributed by atoms with van der Waals surface area (Å²) in [7, 11) is 0. The quantitative estimate of drug-likeness (QED) is 0.835. The number of nitrogen functional groups attached to an aromatic ring is 1. The van der Waals surface area contributed by atoms with E-state index in [-0.39, 0.29) is 5.91 Å². The van der Waals surface area contributed by atoms with Gasteiger partial charge in [-0.05, 0) is 19.1 Å². The summed E-state index contributed by atoms with van der Waals surface area (Å²) in [6, 6.07) is 3.42. The molecule has 0 bridgehead atoms. The zero-order chi connectivity index (χ0) is 13.0. The van der Waals surface area contributed by atoms with E-state index < -0.39 is 6.10 Å². The van der Waals surface area contributed by atoms with Crippen molar-refractivity contribution >= 4 is 11.7 Å². The molecule has 2 rings (SSSR count). The molecule has 1 unspecified atom stereocenters. The number of rotatable bonds is 3. The van der Waals surface area contributed by atoms with E-state index in [2.05, 4.69) is 4.98 Å². The van der Waals surface area contributed by atoms with E-state index in [0.29, 0.717) is 37.9 Å². The van der Waals surface area contributed by atoms with Crippen LogP contribution < -0.4 is 10.5 Å². The molecule has 1 atom stereocenters. The van der Waals surface area contributed by atoms with Crippen molar-refractivity contribution in [3.63, 3.8) is 0 Å². The highest BCUT2D eigenvalue weighted by atomic mass is 16.5. The Bertz CT molecular complexity index is 419. The van der Waals surface area contributed by atoms with Crippen molar-refractivity contribution in [1.29, 1.82) is 0 Å². The molecule has 0 saturated carbocycles. The lowest BCUT2D eigenvalue weighted by atomic mass is 10.3. The first-order valence-corrected chi connectivity index (χ1v) is 5.92. The molecule has 0 spiro atoms. The minimum atomic E-state index is -0.574. The average molecular weight is 251 g/mol. The number of amides is 1. The molecule has 1 amide bonds. The SMILES string of the molecule is CC(Oc1cccnc1N)C(=O)N1CCOCC1. The van der Waals surface area contributed by atoms with E-state index in [0.717, 1.165) is 0 Å². The number of morpholine rings is 1. The minimum Gasteiger partial charge on any atom is -0.477 e. The second-order valence-electron chi connectivity index (χ2n) is 4.08. The Morgan fingerprint density at radius 2 is 2.28 bits per heavy atom. The molecule has 6 heteroatoms. The third-order valence-electron chi connectivity index (χ3n) is 2.77. The van der Waals surface area contributed by atoms with Crippen LogP contribution in [0.5, 0.6) is 5.75 Å². The highest BCUT2D eigenvalue weighted by molar-refractivity contribution is 5.81. The van der Waals surface area contributed by atoms with Crippen molar-refractivity contribution in [2.45, 2.75) is 13.0 Å². The summed E-state index contributed by atoms with van der Waals surface area (Å²) in [5, 5.41) is 0. The van der Waals surface area contributed by atoms with Gasteiger partial charge in [0, 0.05) is 19.3 Å². The van der Waals surface area contributed by atoms with E-state index in [1.54, 1.807) is 30.2 Å². The zero-order valence-corrected chi connectivity index (χ0v) is 10.3. The number of hydrogen-bond donors (Lipinski definition) is 1. The van der Waals surface area contributed by atoms with Crippen LogP contribution in [0.4, 0.5) is 5.82 Å². The lowest BCUT2D eigenvalue weighted by Gasteiger charge is -2.29. The second kappa shape index (κ2) is 5.68. The van der Waals surface area contributed by atoms with Gasteiger partial charge in [0.2, 0.25) is 0 Å². The van der Waals surface area contributed by atoms with Gasteiger partial charge >= 0.3 is 0 Å². The van der Waals surface area contributed by atoms with Crippen molar-refractivity contribution in [1.82, 2.24) is 9.88 Å². The summed E-state index contributed by atoms with van der Waals surface area (Å²) in [5.74, 6) is 0.673. The standard InChI is InChI=1S/C12H17N3O3/c1-9(12(16)15-5-7-17-8-6-15)18-10-3-2-4-14-11(10)13/h2-4,9H,5-8H2,1H3,(H2,13,14). The van der Waals surface area contributed by atoms with Gasteiger partial charge in [-0.2, -0.15) is 0 Å². The summed E-state index contributed by atoms with van der Waals surface area (Å²) >= 11 is 0. The molecule has 1 aromatic rings. The van der Waals surface area contributed by atoms with Crippen LogP contribution in [0.15, 0.2) is 18.3 Å². The molecule has 1 aliphatic rings. The first-order valence-electron chi connectivity index (χ1n) is 5.92. The lowest BCUT2D eigenvalue weighted by molar-refractivity contribution is -0.142. The Hall–Kier alpha value is -1.82. The molecular formula is C12H17N3O3. The number of hydrogen-bond acceptors (Lipinski definition) is 5. The molecule has 0 aromatic carbocycles. The van der Waals surface area contributed by atoms with Crippen molar-refractivity contribution in [2.75, 3.05) is 32.0 Å². The first kappa shape index (κ1) is 12.6. The molecule has 0 aliphatic carbocycles. The molecule has 1 saturated heterocycles. The van der Waals surface area contributed by atoms with Gasteiger partial charge in [-0.15, -0.1) is 0 Å². The number of nitrogens with two attached hydrogens (primary N) is 1. The molecule has 6 nitrogen and oxygen atoms in total. The Morgan fingerprint density at radius 3 is 2.94 bits per heavy atom. The molecule has 2 heterocycles. The van der Waals surface area contributed by atoms with E-state index in [1.165, 1.54) is 0 Å². The zero-order valence-electron chi connectivity index (χ0n) is 10.3. The number of pyridine rings is 1. The van der Waals surface area contributed by atoms with Gasteiger partial charge < -0.3 is 20.1 Å². The fourth-order valence-corrected chi connectivity index (χ4v) is 1.78. The molecule has 98 valence electrons. The highest BCUT2D eigenvalue weighted by Gasteiger charge is 2.24. The van der Waals surface area contributed by atoms with Crippen LogP contribution in [0.3, 0.4) is 0 Å². The predicted molar refractivity (Wildman–Crippen MR) is 66.1 cm³/mol. The molecule has 1 aromatic heterocycles. The van der Waals surface area contributed by atoms with E-state index in [4.69, 9.17) is 15.2 Å². The molecule has 1 aliphatic heterocycles. The summed E-state index contributed by atoms with van der Waals surface area (Å²) in [6.45, 7) is 4.08. The smallest absolute Gasteiger partial charge is 0.263 e. The van der Waals surface area contributed by atoms with Gasteiger partial charge in [-0.25, -0.2) is 4.98 Å². The molecular weight excluding hydrogens is 234 g/mol. The third-order valence-corrected chi connectivity index (χ3v) is 2.77. The predicted octanol–water partition coefficient (Wildman–Crippen LogP) is 0.290. The van der Waals surface area contributed by atoms with Crippen LogP contribution in [0.1, 0.15) is 6.92 Å². The Labute approximate surface area is 106 Å². The van der Waals surface area contributed by atoms with E-state index >= 15 is 0 Å². The summed E-state index contributed by atoms with van der Waals surface area (Å²) < 4.78 is 10.7. The van der Waals surface area contributed by atoms with Crippen LogP contribution in [0.25, 0.3) is 0 Å². The summed E-state index contributed by atoms with van der Waals surface area (Å²) in [6.07, 6.45) is 1.01. The van der Waals surface area contributed by atoms with E-state index in [1.807, 2.05) is 0 Å². The van der Waals surface area contributed by atoms with Crippen molar-refractivity contribution in [3.8, 4) is 5.75 Å².